The normalized spacial score (nSPS) is 12.0. The number of H-pyrrole nitrogens is 1. The van der Waals surface area contributed by atoms with Gasteiger partial charge in [-0.15, -0.1) is 0 Å². The highest BCUT2D eigenvalue weighted by Gasteiger charge is 2.29. The molecule has 5 rings (SSSR count). The van der Waals surface area contributed by atoms with Crippen LogP contribution in [0, 0.1) is 0 Å². The van der Waals surface area contributed by atoms with E-state index in [1.54, 1.807) is 0 Å². The number of ether oxygens (including phenoxy) is 1. The summed E-state index contributed by atoms with van der Waals surface area (Å²) in [6.45, 7) is -0.175. The highest BCUT2D eigenvalue weighted by Crippen LogP contribution is 2.44. The van der Waals surface area contributed by atoms with Crippen LogP contribution in [0.5, 0.6) is 0 Å². The van der Waals surface area contributed by atoms with Gasteiger partial charge in [0.25, 0.3) is 5.91 Å². The van der Waals surface area contributed by atoms with Crippen LogP contribution in [0.1, 0.15) is 27.5 Å². The minimum Gasteiger partial charge on any atom is -0.480 e. The van der Waals surface area contributed by atoms with Crippen molar-refractivity contribution in [1.82, 2.24) is 20.0 Å². The first-order valence-electron chi connectivity index (χ1n) is 10.7. The number of fused-ring (bicyclic) bond motifs is 3. The number of nitrogens with one attached hydrogen (secondary N) is 3. The Bertz CT molecular complexity index is 1380. The first-order chi connectivity index (χ1) is 17.0. The van der Waals surface area contributed by atoms with Crippen molar-refractivity contribution in [1.29, 1.82) is 0 Å². The molecule has 11 heteroatoms. The van der Waals surface area contributed by atoms with E-state index in [4.69, 9.17) is 9.84 Å². The van der Waals surface area contributed by atoms with Crippen molar-refractivity contribution >= 4 is 29.5 Å². The zero-order valence-electron chi connectivity index (χ0n) is 18.3. The van der Waals surface area contributed by atoms with Crippen LogP contribution in [-0.4, -0.2) is 49.7 Å². The Labute approximate surface area is 198 Å². The lowest BCUT2D eigenvalue weighted by Crippen LogP contribution is -2.18. The number of anilines is 2. The van der Waals surface area contributed by atoms with E-state index in [2.05, 4.69) is 38.1 Å². The monoisotopic (exact) mass is 472 g/mol. The average Bonchev–Trinajstić information content (AvgIpc) is 3.55. The summed E-state index contributed by atoms with van der Waals surface area (Å²) in [5, 5.41) is 24.2. The van der Waals surface area contributed by atoms with Crippen molar-refractivity contribution in [2.75, 3.05) is 17.2 Å². The van der Waals surface area contributed by atoms with Gasteiger partial charge in [-0.05, 0) is 22.3 Å². The second kappa shape index (κ2) is 9.14. The van der Waals surface area contributed by atoms with Crippen LogP contribution < -0.4 is 10.6 Å². The van der Waals surface area contributed by atoms with Gasteiger partial charge in [0.05, 0.1) is 11.9 Å². The molecule has 0 aliphatic heterocycles. The molecule has 0 atom stereocenters. The first-order valence-corrected chi connectivity index (χ1v) is 10.7. The lowest BCUT2D eigenvalue weighted by molar-refractivity contribution is -0.137. The van der Waals surface area contributed by atoms with E-state index in [0.717, 1.165) is 22.3 Å². The number of hydrogen-bond acceptors (Lipinski definition) is 6. The molecule has 0 saturated heterocycles. The molecule has 11 nitrogen and oxygen atoms in total. The number of aliphatic carboxylic acids is 1. The van der Waals surface area contributed by atoms with Crippen LogP contribution in [-0.2, 0) is 16.1 Å². The lowest BCUT2D eigenvalue weighted by Gasteiger charge is -2.14. The number of carbonyl (C=O) groups is 3. The molecule has 4 aromatic rings. The van der Waals surface area contributed by atoms with E-state index in [-0.39, 0.29) is 30.6 Å². The Hall–Kier alpha value is -4.93. The Balaban J connectivity index is 1.18. The van der Waals surface area contributed by atoms with Gasteiger partial charge in [-0.1, -0.05) is 48.5 Å². The second-order valence-electron chi connectivity index (χ2n) is 7.89. The van der Waals surface area contributed by atoms with Crippen molar-refractivity contribution in [3.05, 3.63) is 83.8 Å². The lowest BCUT2D eigenvalue weighted by atomic mass is 9.98. The number of carbonyl (C=O) groups excluding carboxylic acids is 2. The number of rotatable bonds is 7. The summed E-state index contributed by atoms with van der Waals surface area (Å²) in [5.41, 5.74) is 4.88. The molecule has 2 aromatic heterocycles. The van der Waals surface area contributed by atoms with Gasteiger partial charge in [0.1, 0.15) is 18.8 Å². The third-order valence-electron chi connectivity index (χ3n) is 5.58. The van der Waals surface area contributed by atoms with Crippen LogP contribution in [0.2, 0.25) is 0 Å². The molecule has 0 saturated carbocycles. The molecule has 35 heavy (non-hydrogen) atoms. The van der Waals surface area contributed by atoms with Crippen molar-refractivity contribution in [3.63, 3.8) is 0 Å². The minimum atomic E-state index is -1.05. The van der Waals surface area contributed by atoms with Gasteiger partial charge in [-0.2, -0.15) is 10.2 Å². The van der Waals surface area contributed by atoms with Crippen LogP contribution in [0.3, 0.4) is 0 Å². The third kappa shape index (κ3) is 4.60. The fourth-order valence-corrected chi connectivity index (χ4v) is 4.09. The minimum absolute atomic E-state index is 0.0734. The van der Waals surface area contributed by atoms with E-state index in [0.29, 0.717) is 5.69 Å². The van der Waals surface area contributed by atoms with Gasteiger partial charge in [0.15, 0.2) is 5.82 Å². The predicted molar refractivity (Wildman–Crippen MR) is 125 cm³/mol. The van der Waals surface area contributed by atoms with Crippen LogP contribution in [0.25, 0.3) is 11.1 Å². The zero-order chi connectivity index (χ0) is 24.4. The van der Waals surface area contributed by atoms with Gasteiger partial charge in [0, 0.05) is 18.2 Å². The van der Waals surface area contributed by atoms with Gasteiger partial charge in [0.2, 0.25) is 0 Å². The third-order valence-corrected chi connectivity index (χ3v) is 5.58. The van der Waals surface area contributed by atoms with Gasteiger partial charge >= 0.3 is 12.1 Å². The predicted octanol–water partition coefficient (Wildman–Crippen LogP) is 3.30. The molecular formula is C24H20N6O5. The Kier molecular flexibility index (Phi) is 5.71. The summed E-state index contributed by atoms with van der Waals surface area (Å²) in [4.78, 5) is 35.5. The summed E-state index contributed by atoms with van der Waals surface area (Å²) in [7, 11) is 0. The molecule has 0 unspecified atom stereocenters. The quantitative estimate of drug-likeness (QED) is 0.322. The Morgan fingerprint density at radius 2 is 1.71 bits per heavy atom. The SMILES string of the molecule is O=C(O)Cn1cc(NC(=O)c2cc(NC(=O)OCC3c4ccccc4-c4ccccc43)n[nH]2)cn1. The standard InChI is InChI=1S/C24H20N6O5/c31-22(32)12-30-11-14(10-25-30)26-23(33)20-9-21(29-28-20)27-24(34)35-13-19-17-7-3-1-5-15(17)16-6-2-4-8-18(16)19/h1-11,19H,12-13H2,(H,26,33)(H,31,32)(H2,27,28,29,34). The van der Waals surface area contributed by atoms with Gasteiger partial charge in [-0.3, -0.25) is 24.7 Å². The number of carboxylic acid groups (broad SMARTS) is 1. The maximum Gasteiger partial charge on any atom is 0.412 e. The molecule has 0 bridgehead atoms. The van der Waals surface area contributed by atoms with Gasteiger partial charge < -0.3 is 15.2 Å². The molecule has 0 spiro atoms. The van der Waals surface area contributed by atoms with Crippen molar-refractivity contribution in [3.8, 4) is 11.1 Å². The van der Waals surface area contributed by atoms with Crippen molar-refractivity contribution in [2.45, 2.75) is 12.5 Å². The molecule has 2 amide bonds. The summed E-state index contributed by atoms with van der Waals surface area (Å²) in [6.07, 6.45) is 2.02. The van der Waals surface area contributed by atoms with E-state index < -0.39 is 18.0 Å². The second-order valence-corrected chi connectivity index (χ2v) is 7.89. The molecule has 176 valence electrons. The summed E-state index contributed by atoms with van der Waals surface area (Å²) in [6, 6.07) is 17.4. The van der Waals surface area contributed by atoms with Gasteiger partial charge in [-0.25, -0.2) is 4.79 Å². The number of aromatic nitrogens is 4. The highest BCUT2D eigenvalue weighted by molar-refractivity contribution is 6.03. The van der Waals surface area contributed by atoms with Crippen LogP contribution in [0.15, 0.2) is 67.0 Å². The number of aromatic amines is 1. The topological polar surface area (TPSA) is 151 Å². The fraction of sp³-hybridized carbons (Fsp3) is 0.125. The largest absolute Gasteiger partial charge is 0.480 e. The summed E-state index contributed by atoms with van der Waals surface area (Å²) >= 11 is 0. The number of hydrogen-bond donors (Lipinski definition) is 4. The Morgan fingerprint density at radius 3 is 2.40 bits per heavy atom. The molecule has 4 N–H and O–H groups in total. The van der Waals surface area contributed by atoms with Crippen molar-refractivity contribution in [2.24, 2.45) is 0 Å². The Morgan fingerprint density at radius 1 is 1.03 bits per heavy atom. The average molecular weight is 472 g/mol. The number of carboxylic acids is 1. The van der Waals surface area contributed by atoms with E-state index in [1.165, 1.54) is 23.1 Å². The molecule has 2 aromatic carbocycles. The first kappa shape index (κ1) is 21.9. The molecule has 1 aliphatic rings. The van der Waals surface area contributed by atoms with E-state index >= 15 is 0 Å². The van der Waals surface area contributed by atoms with Crippen molar-refractivity contribution < 1.29 is 24.2 Å². The fourth-order valence-electron chi connectivity index (χ4n) is 4.09. The molecule has 0 radical (unpaired) electrons. The number of amides is 2. The molecule has 0 fully saturated rings. The van der Waals surface area contributed by atoms with E-state index in [1.807, 2.05) is 36.4 Å². The summed E-state index contributed by atoms with van der Waals surface area (Å²) < 4.78 is 6.66. The number of nitrogens with zero attached hydrogens (tertiary/aromatic N) is 3. The molecule has 2 heterocycles. The smallest absolute Gasteiger partial charge is 0.412 e. The molecular weight excluding hydrogens is 452 g/mol. The number of benzene rings is 2. The highest BCUT2D eigenvalue weighted by atomic mass is 16.5. The van der Waals surface area contributed by atoms with E-state index in [9.17, 15) is 14.4 Å². The molecule has 1 aliphatic carbocycles. The zero-order valence-corrected chi connectivity index (χ0v) is 18.3. The summed E-state index contributed by atoms with van der Waals surface area (Å²) in [5.74, 6) is -1.54. The maximum atomic E-state index is 12.4. The maximum absolute atomic E-state index is 12.4. The van der Waals surface area contributed by atoms with Crippen LogP contribution in [0.4, 0.5) is 16.3 Å². The van der Waals surface area contributed by atoms with Crippen LogP contribution >= 0.6 is 0 Å².